The SMILES string of the molecule is O=C(CNC(=O)c1ccc(C2CCC2)cc1)Nc1cccc(F)c1. The van der Waals surface area contributed by atoms with Crippen molar-refractivity contribution in [1.82, 2.24) is 5.32 Å². The van der Waals surface area contributed by atoms with Gasteiger partial charge < -0.3 is 10.6 Å². The first kappa shape index (κ1) is 16.2. The Bertz CT molecular complexity index is 739. The average molecular weight is 326 g/mol. The van der Waals surface area contributed by atoms with Crippen LogP contribution in [0.15, 0.2) is 48.5 Å². The van der Waals surface area contributed by atoms with Gasteiger partial charge in [0.15, 0.2) is 0 Å². The maximum absolute atomic E-state index is 13.1. The van der Waals surface area contributed by atoms with E-state index in [1.165, 1.54) is 43.0 Å². The summed E-state index contributed by atoms with van der Waals surface area (Å²) in [5.74, 6) is -0.507. The highest BCUT2D eigenvalue weighted by atomic mass is 19.1. The summed E-state index contributed by atoms with van der Waals surface area (Å²) in [6.45, 7) is -0.167. The van der Waals surface area contributed by atoms with Crippen LogP contribution >= 0.6 is 0 Å². The topological polar surface area (TPSA) is 58.2 Å². The van der Waals surface area contributed by atoms with Gasteiger partial charge in [-0.3, -0.25) is 9.59 Å². The van der Waals surface area contributed by atoms with Crippen LogP contribution in [-0.2, 0) is 4.79 Å². The predicted molar refractivity (Wildman–Crippen MR) is 90.4 cm³/mol. The first-order valence-corrected chi connectivity index (χ1v) is 8.05. The Kier molecular flexibility index (Phi) is 4.89. The number of halogens is 1. The van der Waals surface area contributed by atoms with E-state index in [0.717, 1.165) is 0 Å². The lowest BCUT2D eigenvalue weighted by atomic mass is 9.80. The fourth-order valence-electron chi connectivity index (χ4n) is 2.68. The molecular formula is C19H19FN2O2. The van der Waals surface area contributed by atoms with E-state index < -0.39 is 11.7 Å². The first-order chi connectivity index (χ1) is 11.6. The molecule has 2 aromatic carbocycles. The third kappa shape index (κ3) is 3.98. The number of hydrogen-bond donors (Lipinski definition) is 2. The largest absolute Gasteiger partial charge is 0.343 e. The molecule has 0 aromatic heterocycles. The van der Waals surface area contributed by atoms with Crippen LogP contribution in [0.4, 0.5) is 10.1 Å². The number of rotatable bonds is 5. The van der Waals surface area contributed by atoms with Gasteiger partial charge in [-0.1, -0.05) is 24.6 Å². The summed E-state index contributed by atoms with van der Waals surface area (Å²) >= 11 is 0. The highest BCUT2D eigenvalue weighted by molar-refractivity contribution is 5.99. The van der Waals surface area contributed by atoms with Gasteiger partial charge in [-0.15, -0.1) is 0 Å². The zero-order valence-electron chi connectivity index (χ0n) is 13.2. The molecule has 124 valence electrons. The van der Waals surface area contributed by atoms with Crippen molar-refractivity contribution >= 4 is 17.5 Å². The van der Waals surface area contributed by atoms with Crippen molar-refractivity contribution in [2.45, 2.75) is 25.2 Å². The molecule has 1 aliphatic carbocycles. The molecule has 0 saturated heterocycles. The minimum atomic E-state index is -0.427. The molecule has 0 radical (unpaired) electrons. The van der Waals surface area contributed by atoms with Crippen LogP contribution in [0, 0.1) is 5.82 Å². The van der Waals surface area contributed by atoms with E-state index in [-0.39, 0.29) is 12.5 Å². The molecule has 24 heavy (non-hydrogen) atoms. The summed E-state index contributed by atoms with van der Waals surface area (Å²) in [5.41, 5.74) is 2.15. The maximum Gasteiger partial charge on any atom is 0.251 e. The molecular weight excluding hydrogens is 307 g/mol. The third-order valence-electron chi connectivity index (χ3n) is 4.27. The quantitative estimate of drug-likeness (QED) is 0.884. The van der Waals surface area contributed by atoms with Crippen molar-refractivity contribution in [1.29, 1.82) is 0 Å². The fraction of sp³-hybridized carbons (Fsp3) is 0.263. The maximum atomic E-state index is 13.1. The number of carbonyl (C=O) groups excluding carboxylic acids is 2. The van der Waals surface area contributed by atoms with Crippen LogP contribution in [-0.4, -0.2) is 18.4 Å². The van der Waals surface area contributed by atoms with Gasteiger partial charge in [-0.25, -0.2) is 4.39 Å². The molecule has 0 spiro atoms. The second-order valence-electron chi connectivity index (χ2n) is 5.99. The number of anilines is 1. The second kappa shape index (κ2) is 7.25. The molecule has 1 fully saturated rings. The lowest BCUT2D eigenvalue weighted by molar-refractivity contribution is -0.115. The lowest BCUT2D eigenvalue weighted by Gasteiger charge is -2.25. The molecule has 2 N–H and O–H groups in total. The first-order valence-electron chi connectivity index (χ1n) is 8.05. The van der Waals surface area contributed by atoms with Crippen molar-refractivity contribution in [3.8, 4) is 0 Å². The number of amides is 2. The normalized spacial score (nSPS) is 13.9. The Morgan fingerprint density at radius 1 is 1.08 bits per heavy atom. The van der Waals surface area contributed by atoms with Gasteiger partial charge in [0.2, 0.25) is 5.91 Å². The minimum absolute atomic E-state index is 0.167. The molecule has 2 amide bonds. The summed E-state index contributed by atoms with van der Waals surface area (Å²) in [6.07, 6.45) is 3.70. The molecule has 0 heterocycles. The van der Waals surface area contributed by atoms with Gasteiger partial charge >= 0.3 is 0 Å². The van der Waals surface area contributed by atoms with Gasteiger partial charge in [0.25, 0.3) is 5.91 Å². The van der Waals surface area contributed by atoms with E-state index in [1.807, 2.05) is 12.1 Å². The van der Waals surface area contributed by atoms with Crippen LogP contribution in [0.2, 0.25) is 0 Å². The molecule has 4 nitrogen and oxygen atoms in total. The summed E-state index contributed by atoms with van der Waals surface area (Å²) in [7, 11) is 0. The Morgan fingerprint density at radius 2 is 1.83 bits per heavy atom. The smallest absolute Gasteiger partial charge is 0.251 e. The number of hydrogen-bond acceptors (Lipinski definition) is 2. The molecule has 1 saturated carbocycles. The van der Waals surface area contributed by atoms with E-state index in [4.69, 9.17) is 0 Å². The summed E-state index contributed by atoms with van der Waals surface area (Å²) in [6, 6.07) is 13.1. The Hall–Kier alpha value is -2.69. The third-order valence-corrected chi connectivity index (χ3v) is 4.27. The number of nitrogens with one attached hydrogen (secondary N) is 2. The van der Waals surface area contributed by atoms with Crippen LogP contribution in [0.1, 0.15) is 41.1 Å². The van der Waals surface area contributed by atoms with Gasteiger partial charge in [0, 0.05) is 11.3 Å². The van der Waals surface area contributed by atoms with Gasteiger partial charge in [0.1, 0.15) is 5.82 Å². The lowest BCUT2D eigenvalue weighted by Crippen LogP contribution is -2.32. The van der Waals surface area contributed by atoms with Crippen LogP contribution in [0.25, 0.3) is 0 Å². The molecule has 0 atom stereocenters. The highest BCUT2D eigenvalue weighted by Gasteiger charge is 2.19. The van der Waals surface area contributed by atoms with Crippen molar-refractivity contribution in [3.05, 3.63) is 65.5 Å². The summed E-state index contributed by atoms with van der Waals surface area (Å²) in [5, 5.41) is 5.10. The summed E-state index contributed by atoms with van der Waals surface area (Å²) < 4.78 is 13.1. The molecule has 0 bridgehead atoms. The average Bonchev–Trinajstić information content (AvgIpc) is 2.52. The highest BCUT2D eigenvalue weighted by Crippen LogP contribution is 2.36. The van der Waals surface area contributed by atoms with Crippen molar-refractivity contribution in [2.24, 2.45) is 0 Å². The minimum Gasteiger partial charge on any atom is -0.343 e. The molecule has 0 unspecified atom stereocenters. The van der Waals surface area contributed by atoms with Gasteiger partial charge in [-0.2, -0.15) is 0 Å². The van der Waals surface area contributed by atoms with E-state index in [0.29, 0.717) is 17.2 Å². The second-order valence-corrected chi connectivity index (χ2v) is 5.99. The zero-order valence-corrected chi connectivity index (χ0v) is 13.2. The fourth-order valence-corrected chi connectivity index (χ4v) is 2.68. The van der Waals surface area contributed by atoms with Crippen LogP contribution < -0.4 is 10.6 Å². The summed E-state index contributed by atoms with van der Waals surface area (Å²) in [4.78, 5) is 23.9. The zero-order chi connectivity index (χ0) is 16.9. The van der Waals surface area contributed by atoms with E-state index in [1.54, 1.807) is 18.2 Å². The van der Waals surface area contributed by atoms with Crippen molar-refractivity contribution < 1.29 is 14.0 Å². The van der Waals surface area contributed by atoms with E-state index in [9.17, 15) is 14.0 Å². The molecule has 0 aliphatic heterocycles. The number of carbonyl (C=O) groups is 2. The molecule has 5 heteroatoms. The monoisotopic (exact) mass is 326 g/mol. The van der Waals surface area contributed by atoms with E-state index in [2.05, 4.69) is 10.6 Å². The Balaban J connectivity index is 1.50. The van der Waals surface area contributed by atoms with Gasteiger partial charge in [0.05, 0.1) is 6.54 Å². The van der Waals surface area contributed by atoms with Crippen LogP contribution in [0.3, 0.4) is 0 Å². The molecule has 3 rings (SSSR count). The number of benzene rings is 2. The molecule has 2 aromatic rings. The van der Waals surface area contributed by atoms with E-state index >= 15 is 0 Å². The van der Waals surface area contributed by atoms with Crippen LogP contribution in [0.5, 0.6) is 0 Å². The van der Waals surface area contributed by atoms with Gasteiger partial charge in [-0.05, 0) is 54.7 Å². The Morgan fingerprint density at radius 3 is 2.46 bits per heavy atom. The van der Waals surface area contributed by atoms with Crippen molar-refractivity contribution in [2.75, 3.05) is 11.9 Å². The molecule has 1 aliphatic rings. The van der Waals surface area contributed by atoms with Crippen molar-refractivity contribution in [3.63, 3.8) is 0 Å². The predicted octanol–water partition coefficient (Wildman–Crippen LogP) is 3.46. The standard InChI is InChI=1S/C19H19FN2O2/c20-16-5-2-6-17(11-16)22-18(23)12-21-19(24)15-9-7-14(8-10-15)13-3-1-4-13/h2,5-11,13H,1,3-4,12H2,(H,21,24)(H,22,23). The Labute approximate surface area is 140 Å².